The third-order valence-electron chi connectivity index (χ3n) is 7.30. The fraction of sp³-hybridized carbons (Fsp3) is 0.593. The molecule has 1 aliphatic carbocycles. The van der Waals surface area contributed by atoms with Crippen molar-refractivity contribution in [3.63, 3.8) is 0 Å². The second-order valence-electron chi connectivity index (χ2n) is 10.2. The number of rotatable bonds is 9. The molecule has 0 saturated carbocycles. The van der Waals surface area contributed by atoms with Gasteiger partial charge in [-0.1, -0.05) is 63.1 Å². The predicted molar refractivity (Wildman–Crippen MR) is 138 cm³/mol. The van der Waals surface area contributed by atoms with Crippen molar-refractivity contribution < 1.29 is 19.5 Å². The molecule has 0 aromatic heterocycles. The van der Waals surface area contributed by atoms with E-state index in [4.69, 9.17) is 11.6 Å². The first kappa shape index (κ1) is 27.2. The van der Waals surface area contributed by atoms with Gasteiger partial charge < -0.3 is 20.6 Å². The number of hydrogen-bond acceptors (Lipinski definition) is 4. The van der Waals surface area contributed by atoms with Crippen molar-refractivity contribution in [3.05, 3.63) is 40.9 Å². The van der Waals surface area contributed by atoms with E-state index in [2.05, 4.69) is 17.6 Å². The SMILES string of the molecule is CCC[C@@H]1C=C[C@H]2[C@H](C(=O)N([C@@H](CO)CC(C)C)[C@@H]2C(=O)Nc2c(C)cccc2Cl)[C@@H]1C(=O)NC. The molecular formula is C27H38ClN3O4. The number of benzene rings is 1. The lowest BCUT2D eigenvalue weighted by atomic mass is 9.68. The number of anilines is 1. The van der Waals surface area contributed by atoms with E-state index in [0.29, 0.717) is 17.1 Å². The maximum atomic E-state index is 14.0. The summed E-state index contributed by atoms with van der Waals surface area (Å²) in [5, 5.41) is 16.4. The molecule has 1 aliphatic heterocycles. The van der Waals surface area contributed by atoms with Gasteiger partial charge in [-0.15, -0.1) is 0 Å². The van der Waals surface area contributed by atoms with E-state index >= 15 is 0 Å². The number of nitrogens with one attached hydrogen (secondary N) is 2. The lowest BCUT2D eigenvalue weighted by molar-refractivity contribution is -0.143. The Labute approximate surface area is 213 Å². The van der Waals surface area contributed by atoms with Gasteiger partial charge in [-0.3, -0.25) is 14.4 Å². The van der Waals surface area contributed by atoms with Crippen LogP contribution in [0.3, 0.4) is 0 Å². The highest BCUT2D eigenvalue weighted by Gasteiger charge is 2.58. The number of likely N-dealkylation sites (tertiary alicyclic amines) is 1. The summed E-state index contributed by atoms with van der Waals surface area (Å²) in [5.74, 6) is -2.40. The average Bonchev–Trinajstić information content (AvgIpc) is 3.11. The van der Waals surface area contributed by atoms with Crippen LogP contribution in [0.15, 0.2) is 30.4 Å². The summed E-state index contributed by atoms with van der Waals surface area (Å²) in [4.78, 5) is 42.4. The van der Waals surface area contributed by atoms with Crippen molar-refractivity contribution in [2.75, 3.05) is 19.0 Å². The van der Waals surface area contributed by atoms with Gasteiger partial charge in [0.05, 0.1) is 35.2 Å². The van der Waals surface area contributed by atoms with Crippen LogP contribution in [-0.4, -0.2) is 53.5 Å². The largest absolute Gasteiger partial charge is 0.394 e. The number of fused-ring (bicyclic) bond motifs is 1. The van der Waals surface area contributed by atoms with Gasteiger partial charge >= 0.3 is 0 Å². The minimum atomic E-state index is -0.856. The van der Waals surface area contributed by atoms with Crippen molar-refractivity contribution in [2.45, 2.75) is 59.0 Å². The Morgan fingerprint density at radius 1 is 1.20 bits per heavy atom. The van der Waals surface area contributed by atoms with Gasteiger partial charge in [-0.25, -0.2) is 0 Å². The van der Waals surface area contributed by atoms with Crippen LogP contribution in [0.4, 0.5) is 5.69 Å². The summed E-state index contributed by atoms with van der Waals surface area (Å²) in [7, 11) is 1.58. The first-order valence-electron chi connectivity index (χ1n) is 12.5. The zero-order chi connectivity index (χ0) is 25.9. The van der Waals surface area contributed by atoms with E-state index in [1.807, 2.05) is 45.1 Å². The number of carbonyl (C=O) groups is 3. The molecule has 6 atom stereocenters. The summed E-state index contributed by atoms with van der Waals surface area (Å²) in [6.45, 7) is 7.68. The first-order valence-corrected chi connectivity index (χ1v) is 12.9. The monoisotopic (exact) mass is 503 g/mol. The van der Waals surface area contributed by atoms with E-state index < -0.39 is 29.8 Å². The van der Waals surface area contributed by atoms with Gasteiger partial charge in [0.2, 0.25) is 17.7 Å². The van der Waals surface area contributed by atoms with Gasteiger partial charge in [0.1, 0.15) is 6.04 Å². The summed E-state index contributed by atoms with van der Waals surface area (Å²) in [5.41, 5.74) is 1.32. The Morgan fingerprint density at radius 2 is 1.91 bits per heavy atom. The molecule has 0 unspecified atom stereocenters. The summed E-state index contributed by atoms with van der Waals surface area (Å²) >= 11 is 6.38. The van der Waals surface area contributed by atoms with E-state index in [9.17, 15) is 19.5 Å². The van der Waals surface area contributed by atoms with Crippen LogP contribution < -0.4 is 10.6 Å². The summed E-state index contributed by atoms with van der Waals surface area (Å²) < 4.78 is 0. The second-order valence-corrected chi connectivity index (χ2v) is 10.6. The van der Waals surface area contributed by atoms with Gasteiger partial charge in [-0.2, -0.15) is 0 Å². The Hall–Kier alpha value is -2.38. The minimum absolute atomic E-state index is 0.0858. The highest BCUT2D eigenvalue weighted by molar-refractivity contribution is 6.34. The number of aryl methyl sites for hydroxylation is 1. The fourth-order valence-corrected chi connectivity index (χ4v) is 6.05. The molecule has 35 heavy (non-hydrogen) atoms. The van der Waals surface area contributed by atoms with Crippen LogP contribution >= 0.6 is 11.6 Å². The van der Waals surface area contributed by atoms with Crippen LogP contribution in [0.25, 0.3) is 0 Å². The minimum Gasteiger partial charge on any atom is -0.394 e. The normalized spacial score (nSPS) is 26.6. The second kappa shape index (κ2) is 11.6. The van der Waals surface area contributed by atoms with E-state index in [-0.39, 0.29) is 36.2 Å². The average molecular weight is 504 g/mol. The van der Waals surface area contributed by atoms with Gasteiger partial charge in [-0.05, 0) is 43.2 Å². The highest BCUT2D eigenvalue weighted by Crippen LogP contribution is 2.46. The Morgan fingerprint density at radius 3 is 2.49 bits per heavy atom. The molecule has 8 heteroatoms. The van der Waals surface area contributed by atoms with Gasteiger partial charge in [0.25, 0.3) is 0 Å². The van der Waals surface area contributed by atoms with E-state index in [1.165, 1.54) is 0 Å². The number of allylic oxidation sites excluding steroid dienone is 1. The van der Waals surface area contributed by atoms with Crippen LogP contribution in [0.5, 0.6) is 0 Å². The number of aliphatic hydroxyl groups excluding tert-OH is 1. The van der Waals surface area contributed by atoms with Crippen LogP contribution in [0.1, 0.15) is 45.6 Å². The smallest absolute Gasteiger partial charge is 0.247 e. The number of nitrogens with zero attached hydrogens (tertiary/aromatic N) is 1. The third-order valence-corrected chi connectivity index (χ3v) is 7.62. The molecule has 3 N–H and O–H groups in total. The Bertz CT molecular complexity index is 959. The Balaban J connectivity index is 2.08. The maximum Gasteiger partial charge on any atom is 0.247 e. The molecular weight excluding hydrogens is 466 g/mol. The molecule has 0 bridgehead atoms. The number of carbonyl (C=O) groups excluding carboxylic acids is 3. The quantitative estimate of drug-likeness (QED) is 0.446. The Kier molecular flexibility index (Phi) is 9.00. The lowest BCUT2D eigenvalue weighted by Gasteiger charge is -2.34. The molecule has 0 radical (unpaired) electrons. The molecule has 2 aliphatic rings. The van der Waals surface area contributed by atoms with Crippen LogP contribution in [0.2, 0.25) is 5.02 Å². The van der Waals surface area contributed by atoms with Gasteiger partial charge in [0, 0.05) is 13.0 Å². The third kappa shape index (κ3) is 5.41. The topological polar surface area (TPSA) is 98.7 Å². The highest BCUT2D eigenvalue weighted by atomic mass is 35.5. The van der Waals surface area contributed by atoms with Crippen molar-refractivity contribution >= 4 is 35.0 Å². The predicted octanol–water partition coefficient (Wildman–Crippen LogP) is 3.79. The first-order chi connectivity index (χ1) is 16.7. The summed E-state index contributed by atoms with van der Waals surface area (Å²) in [6, 6.07) is 3.99. The molecule has 1 aromatic rings. The van der Waals surface area contributed by atoms with E-state index in [1.54, 1.807) is 18.0 Å². The standard InChI is InChI=1S/C27H38ClN3O4/c1-6-8-17-11-12-19-22(21(17)25(33)29-5)27(35)31(18(14-32)13-15(2)3)24(19)26(34)30-23-16(4)9-7-10-20(23)28/h7,9-12,15,17-19,21-22,24,32H,6,8,13-14H2,1-5H3,(H,29,33)(H,30,34)/t17-,18-,19+,21-,22+,24+/m1/s1. The van der Waals surface area contributed by atoms with Crippen molar-refractivity contribution in [1.29, 1.82) is 0 Å². The maximum absolute atomic E-state index is 14.0. The molecule has 0 spiro atoms. The fourth-order valence-electron chi connectivity index (χ4n) is 5.78. The molecule has 3 amide bonds. The number of amides is 3. The van der Waals surface area contributed by atoms with Crippen molar-refractivity contribution in [1.82, 2.24) is 10.2 Å². The molecule has 7 nitrogen and oxygen atoms in total. The molecule has 192 valence electrons. The molecule has 1 heterocycles. The number of para-hydroxylation sites is 1. The number of halogens is 1. The van der Waals surface area contributed by atoms with Crippen LogP contribution in [0, 0.1) is 36.5 Å². The van der Waals surface area contributed by atoms with Crippen LogP contribution in [-0.2, 0) is 14.4 Å². The van der Waals surface area contributed by atoms with E-state index in [0.717, 1.165) is 18.4 Å². The zero-order valence-corrected chi connectivity index (χ0v) is 22.0. The summed E-state index contributed by atoms with van der Waals surface area (Å²) in [6.07, 6.45) is 6.13. The molecule has 1 saturated heterocycles. The zero-order valence-electron chi connectivity index (χ0n) is 21.3. The van der Waals surface area contributed by atoms with Crippen molar-refractivity contribution in [2.24, 2.45) is 29.6 Å². The molecule has 1 aromatic carbocycles. The van der Waals surface area contributed by atoms with Crippen molar-refractivity contribution in [3.8, 4) is 0 Å². The number of aliphatic hydroxyl groups is 1. The van der Waals surface area contributed by atoms with Gasteiger partial charge in [0.15, 0.2) is 0 Å². The number of hydrogen-bond donors (Lipinski definition) is 3. The molecule has 1 fully saturated rings. The molecule has 3 rings (SSSR count). The lowest BCUT2D eigenvalue weighted by Crippen LogP contribution is -2.51.